The number of fused-ring (bicyclic) bond motifs is 6. The zero-order chi connectivity index (χ0) is 39.0. The van der Waals surface area contributed by atoms with Gasteiger partial charge in [-0.3, -0.25) is 9.98 Å². The molecule has 0 saturated heterocycles. The number of rotatable bonds is 4. The van der Waals surface area contributed by atoms with Crippen LogP contribution < -0.4 is 10.7 Å². The number of nitrogens with one attached hydrogen (secondary N) is 2. The predicted molar refractivity (Wildman–Crippen MR) is 233 cm³/mol. The zero-order valence-electron chi connectivity index (χ0n) is 31.6. The lowest BCUT2D eigenvalue weighted by molar-refractivity contribution is 0.486. The summed E-state index contributed by atoms with van der Waals surface area (Å²) in [4.78, 5) is 20.8. The Morgan fingerprint density at radius 1 is 0.536 bits per heavy atom. The van der Waals surface area contributed by atoms with E-state index in [1.807, 2.05) is 69.0 Å². The molecule has 8 nitrogen and oxygen atoms in total. The fraction of sp³-hybridized carbons (Fsp3) is 0.273. The Hall–Kier alpha value is -4.60. The van der Waals surface area contributed by atoms with E-state index in [9.17, 15) is 0 Å². The van der Waals surface area contributed by atoms with E-state index < -0.39 is 19.7 Å². The van der Waals surface area contributed by atoms with Crippen LogP contribution >= 0.6 is 46.4 Å². The van der Waals surface area contributed by atoms with Crippen LogP contribution in [0.5, 0.6) is 0 Å². The second-order valence-corrected chi connectivity index (χ2v) is 17.6. The summed E-state index contributed by atoms with van der Waals surface area (Å²) in [5.41, 5.74) is 8.26. The largest absolute Gasteiger partial charge is 0.377 e. The van der Waals surface area contributed by atoms with E-state index in [-0.39, 0.29) is 0 Å². The van der Waals surface area contributed by atoms with Gasteiger partial charge in [0, 0.05) is 87.6 Å². The van der Waals surface area contributed by atoms with E-state index in [0.717, 1.165) is 62.9 Å². The lowest BCUT2D eigenvalue weighted by Crippen LogP contribution is -2.51. The molecule has 7 aliphatic rings. The topological polar surface area (TPSA) is 69.3 Å². The first-order valence-electron chi connectivity index (χ1n) is 18.7. The third kappa shape index (κ3) is 5.79. The van der Waals surface area contributed by atoms with Gasteiger partial charge in [-0.15, -0.1) is 23.2 Å². The molecule has 0 saturated carbocycles. The van der Waals surface area contributed by atoms with Crippen molar-refractivity contribution in [2.24, 2.45) is 9.98 Å². The van der Waals surface area contributed by atoms with Gasteiger partial charge in [0.15, 0.2) is 19.7 Å². The molecule has 286 valence electrons. The quantitative estimate of drug-likeness (QED) is 0.271. The van der Waals surface area contributed by atoms with Gasteiger partial charge < -0.3 is 29.6 Å². The van der Waals surface area contributed by atoms with Crippen molar-refractivity contribution in [3.8, 4) is 0 Å². The Balaban J connectivity index is 1.38. The van der Waals surface area contributed by atoms with Crippen LogP contribution in [-0.2, 0) is 4.87 Å². The molecule has 2 aromatic heterocycles. The van der Waals surface area contributed by atoms with Gasteiger partial charge in [0.05, 0.1) is 11.4 Å². The highest BCUT2D eigenvalue weighted by atomic mass is 35.5. The monoisotopic (exact) mass is 822 g/mol. The average molecular weight is 825 g/mol. The van der Waals surface area contributed by atoms with E-state index in [0.29, 0.717) is 30.2 Å². The number of halogens is 4. The number of aliphatic imine (C=N–C) groups is 2. The number of nitrogens with zero attached hydrogens (tertiary/aromatic N) is 6. The van der Waals surface area contributed by atoms with Gasteiger partial charge in [0.2, 0.25) is 0 Å². The highest BCUT2D eigenvalue weighted by molar-refractivity contribution is 6.50. The minimum atomic E-state index is -1.53. The molecular weight excluding hydrogens is 782 g/mol. The van der Waals surface area contributed by atoms with Crippen LogP contribution in [0.2, 0.25) is 0 Å². The van der Waals surface area contributed by atoms with Crippen molar-refractivity contribution in [3.05, 3.63) is 166 Å². The van der Waals surface area contributed by atoms with Crippen molar-refractivity contribution in [1.29, 1.82) is 0 Å². The molecular formula is C44H42Cl4N8. The summed E-state index contributed by atoms with van der Waals surface area (Å²) in [7, 11) is 8.14. The van der Waals surface area contributed by atoms with Crippen LogP contribution in [0.15, 0.2) is 154 Å². The second-order valence-electron chi connectivity index (χ2n) is 15.3. The van der Waals surface area contributed by atoms with Crippen LogP contribution in [-0.4, -0.2) is 110 Å². The third-order valence-electron chi connectivity index (χ3n) is 11.4. The molecule has 0 spiro atoms. The molecule has 2 N–H and O–H groups in total. The first-order valence-corrected chi connectivity index (χ1v) is 20.2. The molecule has 0 radical (unpaired) electrons. The lowest BCUT2D eigenvalue weighted by Gasteiger charge is -2.41. The van der Waals surface area contributed by atoms with E-state index in [1.54, 1.807) is 0 Å². The Bertz CT molecular complexity index is 2540. The van der Waals surface area contributed by atoms with E-state index in [1.165, 1.54) is 0 Å². The Labute approximate surface area is 347 Å². The van der Waals surface area contributed by atoms with E-state index >= 15 is 0 Å². The molecule has 2 aromatic rings. The summed E-state index contributed by atoms with van der Waals surface area (Å²) in [6.07, 6.45) is 32.6. The van der Waals surface area contributed by atoms with Gasteiger partial charge in [-0.25, -0.2) is 0 Å². The maximum absolute atomic E-state index is 8.06. The molecule has 9 rings (SSSR count). The average Bonchev–Trinajstić information content (AvgIpc) is 4.02. The van der Waals surface area contributed by atoms with Crippen LogP contribution in [0.25, 0.3) is 11.1 Å². The van der Waals surface area contributed by atoms with Gasteiger partial charge in [-0.2, -0.15) is 0 Å². The number of hydrogen-bond donors (Lipinski definition) is 2. The molecule has 8 bridgehead atoms. The molecule has 4 atom stereocenters. The minimum Gasteiger partial charge on any atom is -0.377 e. The Kier molecular flexibility index (Phi) is 8.93. The summed E-state index contributed by atoms with van der Waals surface area (Å²) in [5, 5.41) is 1.81. The number of H-pyrrole nitrogens is 2. The zero-order valence-corrected chi connectivity index (χ0v) is 34.6. The Morgan fingerprint density at radius 3 is 1.62 bits per heavy atom. The van der Waals surface area contributed by atoms with Crippen LogP contribution in [0, 0.1) is 0 Å². The van der Waals surface area contributed by atoms with E-state index in [4.69, 9.17) is 56.4 Å². The highest BCUT2D eigenvalue weighted by Crippen LogP contribution is 2.56. The normalized spacial score (nSPS) is 30.9. The number of allylic oxidation sites excluding steroid dienone is 8. The van der Waals surface area contributed by atoms with Crippen LogP contribution in [0.1, 0.15) is 11.4 Å². The van der Waals surface area contributed by atoms with Gasteiger partial charge in [-0.1, -0.05) is 47.5 Å². The number of likely N-dealkylation sites (N-methyl/N-ethyl adjacent to an activating group) is 4. The third-order valence-corrected chi connectivity index (χ3v) is 14.0. The molecule has 0 aromatic carbocycles. The fourth-order valence-corrected chi connectivity index (χ4v) is 9.62. The smallest absolute Gasteiger partial charge is 0.181 e. The fourth-order valence-electron chi connectivity index (χ4n) is 8.19. The summed E-state index contributed by atoms with van der Waals surface area (Å²) in [6, 6.07) is 8.33. The SMILES string of the molecule is CN1C=CC(C2=c3ccc([nH]3)=C(C3=CCN(C)C=C3)c3ccc([nH]3)C(Cl)(C3=CCN(C)C=C3)C3(Cl)C=CC(=N3)C(Cl)(C3=CCN(C)C=C3)C3(Cl)C=CC2=N3)=CC1. The number of aromatic nitrogens is 2. The maximum Gasteiger partial charge on any atom is 0.181 e. The Morgan fingerprint density at radius 2 is 1.05 bits per heavy atom. The minimum absolute atomic E-state index is 0.455. The first-order chi connectivity index (χ1) is 26.8. The molecule has 0 fully saturated rings. The van der Waals surface area contributed by atoms with Crippen molar-refractivity contribution in [3.63, 3.8) is 0 Å². The molecule has 0 aliphatic carbocycles. The summed E-state index contributed by atoms with van der Waals surface area (Å²) in [5.74, 6) is 0. The van der Waals surface area contributed by atoms with Crippen LogP contribution in [0.3, 0.4) is 0 Å². The van der Waals surface area contributed by atoms with Crippen LogP contribution in [0.4, 0.5) is 0 Å². The molecule has 9 heterocycles. The van der Waals surface area contributed by atoms with Crippen molar-refractivity contribution < 1.29 is 0 Å². The van der Waals surface area contributed by atoms with E-state index in [2.05, 4.69) is 111 Å². The van der Waals surface area contributed by atoms with Gasteiger partial charge in [0.25, 0.3) is 0 Å². The predicted octanol–water partition coefficient (Wildman–Crippen LogP) is 6.55. The molecule has 12 heteroatoms. The van der Waals surface area contributed by atoms with Gasteiger partial charge in [0.1, 0.15) is 0 Å². The maximum atomic E-state index is 8.06. The molecule has 4 unspecified atom stereocenters. The summed E-state index contributed by atoms with van der Waals surface area (Å²) >= 11 is 31.8. The molecule has 0 amide bonds. The number of alkyl halides is 4. The van der Waals surface area contributed by atoms with Gasteiger partial charge >= 0.3 is 0 Å². The molecule has 7 aliphatic heterocycles. The second kappa shape index (κ2) is 13.5. The lowest BCUT2D eigenvalue weighted by atomic mass is 9.84. The highest BCUT2D eigenvalue weighted by Gasteiger charge is 2.60. The number of hydrogen-bond acceptors (Lipinski definition) is 6. The summed E-state index contributed by atoms with van der Waals surface area (Å²) in [6.45, 7) is 2.78. The number of aromatic amines is 2. The van der Waals surface area contributed by atoms with Crippen molar-refractivity contribution in [2.45, 2.75) is 19.7 Å². The standard InChI is InChI=1S/C44H42Cl4N8/c1-53-21-11-29(12-22-53)39-33-5-6-34(49-33)40(30-13-23-54(2)24-14-30)36-9-19-41(45,51-36)44(48,32-17-27-56(4)28-18-32)38-10-20-42(46,52-38)43(47,37-8-7-35(39)50-37)31-15-25-55(3)26-16-31/h5-21,23,25,27,49-50H,22,24,26,28H2,1-4H3. The van der Waals surface area contributed by atoms with Gasteiger partial charge in [-0.05, 0) is 120 Å². The molecule has 56 heavy (non-hydrogen) atoms. The van der Waals surface area contributed by atoms with Crippen molar-refractivity contribution >= 4 is 69.0 Å². The summed E-state index contributed by atoms with van der Waals surface area (Å²) < 4.78 is 0. The van der Waals surface area contributed by atoms with Crippen molar-refractivity contribution in [2.75, 3.05) is 54.4 Å². The van der Waals surface area contributed by atoms with Crippen molar-refractivity contribution in [1.82, 2.24) is 29.6 Å². The first kappa shape index (κ1) is 37.0.